The number of halogens is 1. The van der Waals surface area contributed by atoms with E-state index in [9.17, 15) is 4.79 Å². The first-order valence-corrected chi connectivity index (χ1v) is 9.55. The number of rotatable bonds is 7. The fourth-order valence-corrected chi connectivity index (χ4v) is 3.16. The van der Waals surface area contributed by atoms with Crippen molar-refractivity contribution in [3.8, 4) is 17.1 Å². The molecule has 3 aromatic rings. The van der Waals surface area contributed by atoms with E-state index in [0.717, 1.165) is 11.3 Å². The second-order valence-corrected chi connectivity index (χ2v) is 6.80. The van der Waals surface area contributed by atoms with Gasteiger partial charge in [-0.1, -0.05) is 35.5 Å². The van der Waals surface area contributed by atoms with Crippen LogP contribution >= 0.6 is 23.4 Å². The first-order valence-electron chi connectivity index (χ1n) is 8.19. The van der Waals surface area contributed by atoms with Crippen LogP contribution in [-0.4, -0.2) is 33.1 Å². The van der Waals surface area contributed by atoms with Gasteiger partial charge in [0.15, 0.2) is 5.82 Å². The van der Waals surface area contributed by atoms with Crippen molar-refractivity contribution in [3.63, 3.8) is 0 Å². The number of para-hydroxylation sites is 1. The Kier molecular flexibility index (Phi) is 6.20. The lowest BCUT2D eigenvalue weighted by molar-refractivity contribution is -0.113. The smallest absolute Gasteiger partial charge is 0.234 e. The molecule has 0 aliphatic heterocycles. The van der Waals surface area contributed by atoms with Gasteiger partial charge < -0.3 is 15.9 Å². The van der Waals surface area contributed by atoms with Crippen LogP contribution in [0.3, 0.4) is 0 Å². The van der Waals surface area contributed by atoms with Gasteiger partial charge in [-0.15, -0.1) is 10.2 Å². The van der Waals surface area contributed by atoms with Crippen LogP contribution in [0.25, 0.3) is 11.4 Å². The highest BCUT2D eigenvalue weighted by atomic mass is 35.5. The fraction of sp³-hybridized carbons (Fsp3) is 0.167. The topological polar surface area (TPSA) is 95.1 Å². The lowest BCUT2D eigenvalue weighted by atomic mass is 10.2. The lowest BCUT2D eigenvalue weighted by Crippen LogP contribution is -2.16. The van der Waals surface area contributed by atoms with Crippen molar-refractivity contribution in [2.75, 3.05) is 23.5 Å². The van der Waals surface area contributed by atoms with Crippen LogP contribution < -0.4 is 15.9 Å². The normalized spacial score (nSPS) is 10.6. The van der Waals surface area contributed by atoms with E-state index in [2.05, 4.69) is 15.5 Å². The minimum Gasteiger partial charge on any atom is -0.494 e. The largest absolute Gasteiger partial charge is 0.494 e. The zero-order chi connectivity index (χ0) is 19.2. The molecule has 0 aliphatic rings. The molecule has 1 amide bonds. The highest BCUT2D eigenvalue weighted by molar-refractivity contribution is 7.99. The van der Waals surface area contributed by atoms with Crippen molar-refractivity contribution in [2.24, 2.45) is 0 Å². The van der Waals surface area contributed by atoms with Gasteiger partial charge in [0, 0.05) is 5.56 Å². The second kappa shape index (κ2) is 8.79. The average molecular weight is 404 g/mol. The van der Waals surface area contributed by atoms with E-state index in [-0.39, 0.29) is 11.7 Å². The molecular weight excluding hydrogens is 386 g/mol. The van der Waals surface area contributed by atoms with Gasteiger partial charge in [0.2, 0.25) is 11.1 Å². The second-order valence-electron chi connectivity index (χ2n) is 5.45. The molecule has 0 spiro atoms. The number of hydrogen-bond donors (Lipinski definition) is 2. The standard InChI is InChI=1S/C18H18ClN5O2S/c1-2-26-13-9-7-12(8-10-13)17-22-23-18(24(17)20)27-11-16(25)21-15-6-4-3-5-14(15)19/h3-10H,2,11,20H2,1H3,(H,21,25). The minimum absolute atomic E-state index is 0.129. The first-order chi connectivity index (χ1) is 13.1. The third-order valence-electron chi connectivity index (χ3n) is 3.57. The molecule has 1 heterocycles. The number of nitrogens with two attached hydrogens (primary N) is 1. The van der Waals surface area contributed by atoms with Crippen LogP contribution in [0, 0.1) is 0 Å². The van der Waals surface area contributed by atoms with Gasteiger partial charge in [0.25, 0.3) is 0 Å². The summed E-state index contributed by atoms with van der Waals surface area (Å²) >= 11 is 7.23. The molecule has 3 N–H and O–H groups in total. The Hall–Kier alpha value is -2.71. The van der Waals surface area contributed by atoms with E-state index in [0.29, 0.717) is 28.3 Å². The molecule has 9 heteroatoms. The number of benzene rings is 2. The van der Waals surface area contributed by atoms with Gasteiger partial charge in [-0.3, -0.25) is 4.79 Å². The zero-order valence-corrected chi connectivity index (χ0v) is 16.1. The van der Waals surface area contributed by atoms with Gasteiger partial charge in [0.05, 0.1) is 23.1 Å². The Morgan fingerprint density at radius 2 is 1.96 bits per heavy atom. The monoisotopic (exact) mass is 403 g/mol. The van der Waals surface area contributed by atoms with Crippen LogP contribution in [0.1, 0.15) is 6.92 Å². The van der Waals surface area contributed by atoms with Crippen molar-refractivity contribution >= 4 is 35.0 Å². The van der Waals surface area contributed by atoms with Crippen LogP contribution in [0.4, 0.5) is 5.69 Å². The summed E-state index contributed by atoms with van der Waals surface area (Å²) in [6.07, 6.45) is 0. The van der Waals surface area contributed by atoms with Crippen molar-refractivity contribution in [3.05, 3.63) is 53.6 Å². The summed E-state index contributed by atoms with van der Waals surface area (Å²) in [5, 5.41) is 11.8. The molecule has 0 radical (unpaired) electrons. The quantitative estimate of drug-likeness (QED) is 0.463. The molecule has 3 rings (SSSR count). The maximum atomic E-state index is 12.1. The van der Waals surface area contributed by atoms with Crippen molar-refractivity contribution in [2.45, 2.75) is 12.1 Å². The van der Waals surface area contributed by atoms with E-state index in [4.69, 9.17) is 22.2 Å². The summed E-state index contributed by atoms with van der Waals surface area (Å²) in [6.45, 7) is 2.53. The summed E-state index contributed by atoms with van der Waals surface area (Å²) in [5.74, 6) is 7.28. The van der Waals surface area contributed by atoms with Crippen LogP contribution in [0.5, 0.6) is 5.75 Å². The SMILES string of the molecule is CCOc1ccc(-c2nnc(SCC(=O)Nc3ccccc3Cl)n2N)cc1. The van der Waals surface area contributed by atoms with Gasteiger partial charge in [-0.25, -0.2) is 4.68 Å². The average Bonchev–Trinajstić information content (AvgIpc) is 3.03. The summed E-state index contributed by atoms with van der Waals surface area (Å²) in [5.41, 5.74) is 1.37. The zero-order valence-electron chi connectivity index (χ0n) is 14.6. The number of amides is 1. The predicted octanol–water partition coefficient (Wildman–Crippen LogP) is 3.44. The summed E-state index contributed by atoms with van der Waals surface area (Å²) in [6, 6.07) is 14.5. The third kappa shape index (κ3) is 4.72. The van der Waals surface area contributed by atoms with Crippen LogP contribution in [-0.2, 0) is 4.79 Å². The first kappa shape index (κ1) is 19.1. The summed E-state index contributed by atoms with van der Waals surface area (Å²) in [4.78, 5) is 12.1. The molecule has 0 bridgehead atoms. The Bertz CT molecular complexity index is 930. The maximum Gasteiger partial charge on any atom is 0.234 e. The number of anilines is 1. The Morgan fingerprint density at radius 1 is 1.22 bits per heavy atom. The number of ether oxygens (including phenoxy) is 1. The van der Waals surface area contributed by atoms with Gasteiger partial charge in [-0.2, -0.15) is 0 Å². The molecule has 0 saturated heterocycles. The van der Waals surface area contributed by atoms with Crippen LogP contribution in [0.15, 0.2) is 53.7 Å². The number of aromatic nitrogens is 3. The van der Waals surface area contributed by atoms with Crippen LogP contribution in [0.2, 0.25) is 5.02 Å². The number of nitrogen functional groups attached to an aromatic ring is 1. The van der Waals surface area contributed by atoms with Gasteiger partial charge >= 0.3 is 0 Å². The van der Waals surface area contributed by atoms with Crippen molar-refractivity contribution < 1.29 is 9.53 Å². The highest BCUT2D eigenvalue weighted by Gasteiger charge is 2.14. The van der Waals surface area contributed by atoms with Gasteiger partial charge in [-0.05, 0) is 43.3 Å². The lowest BCUT2D eigenvalue weighted by Gasteiger charge is -2.07. The molecule has 0 saturated carbocycles. The maximum absolute atomic E-state index is 12.1. The molecule has 0 fully saturated rings. The molecule has 1 aromatic heterocycles. The number of carbonyl (C=O) groups is 1. The summed E-state index contributed by atoms with van der Waals surface area (Å²) < 4.78 is 6.79. The van der Waals surface area contributed by atoms with Crippen molar-refractivity contribution in [1.82, 2.24) is 14.9 Å². The van der Waals surface area contributed by atoms with E-state index in [1.165, 1.54) is 16.4 Å². The third-order valence-corrected chi connectivity index (χ3v) is 4.84. The molecule has 0 atom stereocenters. The summed E-state index contributed by atoms with van der Waals surface area (Å²) in [7, 11) is 0. The molecule has 0 aliphatic carbocycles. The number of thioether (sulfide) groups is 1. The van der Waals surface area contributed by atoms with E-state index < -0.39 is 0 Å². The Morgan fingerprint density at radius 3 is 2.67 bits per heavy atom. The fourth-order valence-electron chi connectivity index (χ4n) is 2.32. The Labute approximate surface area is 165 Å². The van der Waals surface area contributed by atoms with E-state index >= 15 is 0 Å². The minimum atomic E-state index is -0.210. The molecular formula is C18H18ClN5O2S. The number of hydrogen-bond acceptors (Lipinski definition) is 6. The molecule has 27 heavy (non-hydrogen) atoms. The predicted molar refractivity (Wildman–Crippen MR) is 108 cm³/mol. The van der Waals surface area contributed by atoms with E-state index in [1.807, 2.05) is 31.2 Å². The Balaban J connectivity index is 1.63. The molecule has 140 valence electrons. The van der Waals surface area contributed by atoms with Gasteiger partial charge in [0.1, 0.15) is 5.75 Å². The number of nitrogens with one attached hydrogen (secondary N) is 1. The number of carbonyl (C=O) groups excluding carboxylic acids is 1. The molecule has 2 aromatic carbocycles. The number of nitrogens with zero attached hydrogens (tertiary/aromatic N) is 3. The van der Waals surface area contributed by atoms with Crippen molar-refractivity contribution in [1.29, 1.82) is 0 Å². The molecule has 0 unspecified atom stereocenters. The molecule has 7 nitrogen and oxygen atoms in total. The highest BCUT2D eigenvalue weighted by Crippen LogP contribution is 2.24. The van der Waals surface area contributed by atoms with E-state index in [1.54, 1.807) is 24.3 Å².